The van der Waals surface area contributed by atoms with Crippen molar-refractivity contribution in [2.24, 2.45) is 0 Å². The van der Waals surface area contributed by atoms with Crippen molar-refractivity contribution in [1.29, 1.82) is 0 Å². The van der Waals surface area contributed by atoms with E-state index in [9.17, 15) is 0 Å². The first kappa shape index (κ1) is 24.2. The first-order valence-corrected chi connectivity index (χ1v) is 18.0. The van der Waals surface area contributed by atoms with Crippen LogP contribution in [0.25, 0.3) is 33.4 Å². The molecule has 0 atom stereocenters. The summed E-state index contributed by atoms with van der Waals surface area (Å²) in [4.78, 5) is 0. The predicted octanol–water partition coefficient (Wildman–Crippen LogP) is 9.21. The zero-order valence-electron chi connectivity index (χ0n) is 22.0. The van der Waals surface area contributed by atoms with E-state index in [1.807, 2.05) is 3.21 Å². The normalized spacial score (nSPS) is 16.1. The molecular weight excluding hydrogens is 536 g/mol. The van der Waals surface area contributed by atoms with Crippen LogP contribution in [-0.4, -0.2) is 3.21 Å². The number of fused-ring (bicyclic) bond motifs is 3. The zero-order valence-corrected chi connectivity index (χ0v) is 24.5. The van der Waals surface area contributed by atoms with Crippen molar-refractivity contribution in [2.45, 2.75) is 51.4 Å². The Morgan fingerprint density at radius 1 is 0.579 bits per heavy atom. The Hall–Kier alpha value is -2.89. The summed E-state index contributed by atoms with van der Waals surface area (Å²) in [6.07, 6.45) is 17.8. The topological polar surface area (TPSA) is 0 Å². The van der Waals surface area contributed by atoms with Gasteiger partial charge in [0.15, 0.2) is 0 Å². The molecule has 7 rings (SSSR count). The van der Waals surface area contributed by atoms with Crippen molar-refractivity contribution in [3.63, 3.8) is 0 Å². The standard InChI is InChI=1S/C25H17.C7H12.C5H5.Zr/c1-3-7-18(8-4-1)20-11-13-24-22(15-20)17-23-16-21(12-14-25(23)24)19-9-5-2-6-10-19;1-2-4-6-7-5-3-1;1-2-4-5-3-1;/h1-15H,17H2;1-6H2;1-3H,4H2;. The van der Waals surface area contributed by atoms with E-state index >= 15 is 0 Å². The van der Waals surface area contributed by atoms with Crippen molar-refractivity contribution >= 4 is 6.48 Å². The average molecular weight is 570 g/mol. The summed E-state index contributed by atoms with van der Waals surface area (Å²) in [6.45, 7) is 0. The van der Waals surface area contributed by atoms with Crippen LogP contribution in [0.5, 0.6) is 0 Å². The molecule has 1 heteroatoms. The van der Waals surface area contributed by atoms with Gasteiger partial charge in [-0.1, -0.05) is 0 Å². The van der Waals surface area contributed by atoms with Crippen LogP contribution in [0, 0.1) is 0 Å². The van der Waals surface area contributed by atoms with E-state index in [-0.39, 0.29) is 0 Å². The summed E-state index contributed by atoms with van der Waals surface area (Å²) < 4.78 is 5.53. The Bertz CT molecular complexity index is 1580. The van der Waals surface area contributed by atoms with Gasteiger partial charge in [-0.2, -0.15) is 0 Å². The minimum atomic E-state index is -2.29. The molecular formula is C37H34Zr. The Labute approximate surface area is 234 Å². The second kappa shape index (κ2) is 10.7. The molecule has 186 valence electrons. The molecule has 0 aliphatic heterocycles. The molecule has 0 saturated heterocycles. The van der Waals surface area contributed by atoms with Crippen LogP contribution in [0.1, 0.15) is 56.1 Å². The monoisotopic (exact) mass is 568 g/mol. The van der Waals surface area contributed by atoms with Crippen molar-refractivity contribution in [2.75, 3.05) is 0 Å². The molecule has 1 saturated carbocycles. The van der Waals surface area contributed by atoms with Crippen LogP contribution in [0.3, 0.4) is 0 Å². The molecule has 4 aromatic carbocycles. The van der Waals surface area contributed by atoms with Crippen LogP contribution in [0.4, 0.5) is 0 Å². The molecule has 0 radical (unpaired) electrons. The van der Waals surface area contributed by atoms with Crippen LogP contribution >= 0.6 is 0 Å². The van der Waals surface area contributed by atoms with Gasteiger partial charge in [0.05, 0.1) is 0 Å². The molecule has 0 heterocycles. The van der Waals surface area contributed by atoms with Gasteiger partial charge < -0.3 is 0 Å². The Morgan fingerprint density at radius 2 is 1.26 bits per heavy atom. The van der Waals surface area contributed by atoms with E-state index < -0.39 is 21.3 Å². The summed E-state index contributed by atoms with van der Waals surface area (Å²) >= 11 is -2.29. The van der Waals surface area contributed by atoms with E-state index in [4.69, 9.17) is 0 Å². The van der Waals surface area contributed by atoms with Crippen LogP contribution in [0.15, 0.2) is 113 Å². The Balaban J connectivity index is 1.45. The van der Waals surface area contributed by atoms with Gasteiger partial charge in [0, 0.05) is 0 Å². The van der Waals surface area contributed by atoms with E-state index in [2.05, 4.69) is 109 Å². The van der Waals surface area contributed by atoms with E-state index in [0.717, 1.165) is 6.42 Å². The molecule has 4 aromatic rings. The fourth-order valence-electron chi connectivity index (χ4n) is 6.83. The molecule has 0 N–H and O–H groups in total. The van der Waals surface area contributed by atoms with Gasteiger partial charge >= 0.3 is 236 Å². The summed E-state index contributed by atoms with van der Waals surface area (Å²) in [5.74, 6) is 0. The minimum absolute atomic E-state index is 1.07. The molecule has 0 nitrogen and oxygen atoms in total. The molecule has 0 spiro atoms. The molecule has 0 amide bonds. The van der Waals surface area contributed by atoms with Gasteiger partial charge in [-0.25, -0.2) is 0 Å². The molecule has 1 fully saturated rings. The number of hydrogen-bond donors (Lipinski definition) is 0. The SMILES string of the molecule is C1=CC[C]([Zr](=[C]2CCCCCC2)[c]2c(-c3ccccc3)ccc3c2Cc2cc(-c4ccccc4)ccc2-3)=C1. The molecule has 3 aliphatic rings. The summed E-state index contributed by atoms with van der Waals surface area (Å²) in [5.41, 5.74) is 11.6. The first-order valence-electron chi connectivity index (χ1n) is 14.4. The second-order valence-electron chi connectivity index (χ2n) is 11.0. The fourth-order valence-corrected chi connectivity index (χ4v) is 15.7. The van der Waals surface area contributed by atoms with Gasteiger partial charge in [-0.05, 0) is 0 Å². The van der Waals surface area contributed by atoms with Gasteiger partial charge in [-0.15, -0.1) is 0 Å². The maximum absolute atomic E-state index is 2.51. The van der Waals surface area contributed by atoms with Crippen LogP contribution in [-0.2, 0) is 27.7 Å². The Kier molecular flexibility index (Phi) is 6.81. The quantitative estimate of drug-likeness (QED) is 0.189. The van der Waals surface area contributed by atoms with Gasteiger partial charge in [0.25, 0.3) is 0 Å². The zero-order chi connectivity index (χ0) is 25.3. The van der Waals surface area contributed by atoms with Crippen molar-refractivity contribution in [1.82, 2.24) is 0 Å². The molecule has 0 aromatic heterocycles. The summed E-state index contributed by atoms with van der Waals surface area (Å²) in [6, 6.07) is 34.2. The second-order valence-corrected chi connectivity index (χ2v) is 17.4. The molecule has 3 aliphatic carbocycles. The molecule has 0 bridgehead atoms. The van der Waals surface area contributed by atoms with Gasteiger partial charge in [0.2, 0.25) is 0 Å². The molecule has 38 heavy (non-hydrogen) atoms. The predicted molar refractivity (Wildman–Crippen MR) is 160 cm³/mol. The van der Waals surface area contributed by atoms with Crippen molar-refractivity contribution in [3.8, 4) is 33.4 Å². The number of benzene rings is 4. The maximum atomic E-state index is 2.51. The van der Waals surface area contributed by atoms with Gasteiger partial charge in [-0.3, -0.25) is 0 Å². The number of hydrogen-bond acceptors (Lipinski definition) is 0. The third-order valence-corrected chi connectivity index (χ3v) is 16.8. The fraction of sp³-hybridized carbons (Fsp3) is 0.216. The van der Waals surface area contributed by atoms with E-state index in [0.29, 0.717) is 0 Å². The van der Waals surface area contributed by atoms with Crippen LogP contribution in [0.2, 0.25) is 0 Å². The third-order valence-electron chi connectivity index (χ3n) is 8.67. The summed E-state index contributed by atoms with van der Waals surface area (Å²) in [7, 11) is 0. The average Bonchev–Trinajstić information content (AvgIpc) is 3.55. The molecule has 0 unspecified atom stereocenters. The first-order chi connectivity index (χ1) is 18.9. The van der Waals surface area contributed by atoms with E-state index in [1.54, 1.807) is 12.1 Å². The van der Waals surface area contributed by atoms with Crippen molar-refractivity contribution < 1.29 is 21.3 Å². The third kappa shape index (κ3) is 4.50. The number of rotatable bonds is 4. The van der Waals surface area contributed by atoms with Crippen molar-refractivity contribution in [3.05, 3.63) is 124 Å². The van der Waals surface area contributed by atoms with Crippen LogP contribution < -0.4 is 3.27 Å². The Morgan fingerprint density at radius 3 is 1.97 bits per heavy atom. The number of allylic oxidation sites excluding steroid dienone is 4. The summed E-state index contributed by atoms with van der Waals surface area (Å²) in [5, 5.41) is 0. The van der Waals surface area contributed by atoms with Gasteiger partial charge in [0.1, 0.15) is 0 Å². The van der Waals surface area contributed by atoms with E-state index in [1.165, 1.54) is 83.9 Å².